The largest absolute Gasteiger partial charge is 0.501 e. The Morgan fingerprint density at radius 1 is 1.50 bits per heavy atom. The van der Waals surface area contributed by atoms with Crippen molar-refractivity contribution >= 4 is 0 Å². The fraction of sp³-hybridized carbons (Fsp3) is 0.556. The van der Waals surface area contributed by atoms with Gasteiger partial charge in [0.1, 0.15) is 0 Å². The topological polar surface area (TPSA) is 44.5 Å². The van der Waals surface area contributed by atoms with Gasteiger partial charge in [-0.05, 0) is 11.6 Å². The molecule has 0 fully saturated rings. The Morgan fingerprint density at radius 2 is 2.25 bits per heavy atom. The van der Waals surface area contributed by atoms with Gasteiger partial charge >= 0.3 is 0 Å². The molecule has 0 heterocycles. The van der Waals surface area contributed by atoms with E-state index in [1.54, 1.807) is 14.2 Å². The molecule has 1 rings (SSSR count). The summed E-state index contributed by atoms with van der Waals surface area (Å²) in [7, 11) is 3.35. The van der Waals surface area contributed by atoms with Crippen molar-refractivity contribution in [3.8, 4) is 0 Å². The summed E-state index contributed by atoms with van der Waals surface area (Å²) in [4.78, 5) is 0. The van der Waals surface area contributed by atoms with E-state index < -0.39 is 0 Å². The van der Waals surface area contributed by atoms with Crippen molar-refractivity contribution in [2.75, 3.05) is 20.8 Å². The summed E-state index contributed by atoms with van der Waals surface area (Å²) in [6.45, 7) is 0.548. The summed E-state index contributed by atoms with van der Waals surface area (Å²) in [6.07, 6.45) is 4.79. The minimum Gasteiger partial charge on any atom is -0.501 e. The van der Waals surface area contributed by atoms with Gasteiger partial charge in [-0.25, -0.2) is 0 Å². The van der Waals surface area contributed by atoms with Crippen LogP contribution in [-0.2, 0) is 9.47 Å². The summed E-state index contributed by atoms with van der Waals surface area (Å²) in [5.41, 5.74) is 6.66. The van der Waals surface area contributed by atoms with Gasteiger partial charge in [-0.1, -0.05) is 6.08 Å². The van der Waals surface area contributed by atoms with Crippen LogP contribution in [0.1, 0.15) is 6.42 Å². The fourth-order valence-corrected chi connectivity index (χ4v) is 1.27. The van der Waals surface area contributed by atoms with Gasteiger partial charge in [0.05, 0.1) is 19.0 Å². The standard InChI is InChI=1S/C9H15NO2/c1-11-8-4-3-7(6-10)9(5-8)12-2/h3-4,9H,5-6,10H2,1-2H3. The van der Waals surface area contributed by atoms with Crippen LogP contribution in [0.5, 0.6) is 0 Å². The number of ether oxygens (including phenoxy) is 2. The van der Waals surface area contributed by atoms with Crippen LogP contribution in [0.4, 0.5) is 0 Å². The second-order valence-corrected chi connectivity index (χ2v) is 2.71. The number of rotatable bonds is 3. The molecule has 68 valence electrons. The van der Waals surface area contributed by atoms with Crippen molar-refractivity contribution in [3.63, 3.8) is 0 Å². The van der Waals surface area contributed by atoms with Gasteiger partial charge in [-0.2, -0.15) is 0 Å². The lowest BCUT2D eigenvalue weighted by Crippen LogP contribution is -2.23. The highest BCUT2D eigenvalue weighted by molar-refractivity contribution is 5.26. The molecule has 3 nitrogen and oxygen atoms in total. The molecule has 0 bridgehead atoms. The molecule has 0 aromatic carbocycles. The zero-order valence-corrected chi connectivity index (χ0v) is 7.54. The first-order chi connectivity index (χ1) is 5.81. The third kappa shape index (κ3) is 1.87. The minimum absolute atomic E-state index is 0.0925. The number of methoxy groups -OCH3 is 2. The molecule has 0 saturated heterocycles. The summed E-state index contributed by atoms with van der Waals surface area (Å²) >= 11 is 0. The van der Waals surface area contributed by atoms with Crippen molar-refractivity contribution in [1.82, 2.24) is 0 Å². The van der Waals surface area contributed by atoms with E-state index in [-0.39, 0.29) is 6.10 Å². The molecule has 2 N–H and O–H groups in total. The molecular weight excluding hydrogens is 154 g/mol. The maximum absolute atomic E-state index is 5.54. The predicted octanol–water partition coefficient (Wildman–Crippen LogP) is 0.820. The van der Waals surface area contributed by atoms with E-state index >= 15 is 0 Å². The van der Waals surface area contributed by atoms with E-state index in [0.29, 0.717) is 6.54 Å². The molecule has 0 radical (unpaired) electrons. The molecule has 1 aliphatic rings. The van der Waals surface area contributed by atoms with Gasteiger partial charge in [0.15, 0.2) is 0 Å². The molecule has 0 amide bonds. The molecule has 0 aromatic heterocycles. The van der Waals surface area contributed by atoms with Crippen LogP contribution in [0.2, 0.25) is 0 Å². The highest BCUT2D eigenvalue weighted by Gasteiger charge is 2.17. The molecule has 3 heteroatoms. The lowest BCUT2D eigenvalue weighted by Gasteiger charge is -2.22. The van der Waals surface area contributed by atoms with Crippen molar-refractivity contribution in [3.05, 3.63) is 23.5 Å². The van der Waals surface area contributed by atoms with Crippen LogP contribution in [0.15, 0.2) is 23.5 Å². The third-order valence-corrected chi connectivity index (χ3v) is 2.07. The smallest absolute Gasteiger partial charge is 0.0984 e. The summed E-state index contributed by atoms with van der Waals surface area (Å²) < 4.78 is 10.4. The Labute approximate surface area is 72.8 Å². The van der Waals surface area contributed by atoms with Crippen LogP contribution in [0, 0.1) is 0 Å². The first kappa shape index (κ1) is 9.29. The summed E-state index contributed by atoms with van der Waals surface area (Å²) in [5.74, 6) is 0.944. The Morgan fingerprint density at radius 3 is 2.75 bits per heavy atom. The molecule has 12 heavy (non-hydrogen) atoms. The van der Waals surface area contributed by atoms with E-state index in [1.807, 2.05) is 12.2 Å². The first-order valence-corrected chi connectivity index (χ1v) is 3.98. The van der Waals surface area contributed by atoms with Crippen LogP contribution in [0.25, 0.3) is 0 Å². The van der Waals surface area contributed by atoms with E-state index in [4.69, 9.17) is 15.2 Å². The number of allylic oxidation sites excluding steroid dienone is 2. The van der Waals surface area contributed by atoms with E-state index in [2.05, 4.69) is 0 Å². The Bertz CT molecular complexity index is 209. The van der Waals surface area contributed by atoms with Gasteiger partial charge < -0.3 is 15.2 Å². The van der Waals surface area contributed by atoms with Crippen LogP contribution >= 0.6 is 0 Å². The molecule has 0 spiro atoms. The van der Waals surface area contributed by atoms with Gasteiger partial charge in [0, 0.05) is 20.1 Å². The van der Waals surface area contributed by atoms with Gasteiger partial charge in [-0.15, -0.1) is 0 Å². The second-order valence-electron chi connectivity index (χ2n) is 2.71. The van der Waals surface area contributed by atoms with Crippen molar-refractivity contribution in [1.29, 1.82) is 0 Å². The van der Waals surface area contributed by atoms with Crippen molar-refractivity contribution in [2.45, 2.75) is 12.5 Å². The van der Waals surface area contributed by atoms with Crippen molar-refractivity contribution < 1.29 is 9.47 Å². The van der Waals surface area contributed by atoms with Crippen LogP contribution in [-0.4, -0.2) is 26.9 Å². The zero-order chi connectivity index (χ0) is 8.97. The van der Waals surface area contributed by atoms with Gasteiger partial charge in [0.25, 0.3) is 0 Å². The molecular formula is C9H15NO2. The molecule has 1 unspecified atom stereocenters. The molecule has 0 aliphatic heterocycles. The summed E-state index contributed by atoms with van der Waals surface area (Å²) in [6, 6.07) is 0. The number of hydrogen-bond acceptors (Lipinski definition) is 3. The third-order valence-electron chi connectivity index (χ3n) is 2.07. The molecule has 1 aliphatic carbocycles. The maximum atomic E-state index is 5.54. The lowest BCUT2D eigenvalue weighted by atomic mass is 10.0. The highest BCUT2D eigenvalue weighted by Crippen LogP contribution is 2.20. The average Bonchev–Trinajstić information content (AvgIpc) is 2.16. The maximum Gasteiger partial charge on any atom is 0.0984 e. The van der Waals surface area contributed by atoms with E-state index in [1.165, 1.54) is 0 Å². The highest BCUT2D eigenvalue weighted by atomic mass is 16.5. The summed E-state index contributed by atoms with van der Waals surface area (Å²) in [5, 5.41) is 0. The SMILES string of the molecule is COC1=CC=C(CN)C(OC)C1. The first-order valence-electron chi connectivity index (χ1n) is 3.98. The van der Waals surface area contributed by atoms with Gasteiger partial charge in [-0.3, -0.25) is 0 Å². The van der Waals surface area contributed by atoms with Crippen LogP contribution in [0.3, 0.4) is 0 Å². The van der Waals surface area contributed by atoms with Gasteiger partial charge in [0.2, 0.25) is 0 Å². The Hall–Kier alpha value is -0.800. The Balaban J connectivity index is 2.70. The van der Waals surface area contributed by atoms with Crippen molar-refractivity contribution in [2.24, 2.45) is 5.73 Å². The molecule has 0 saturated carbocycles. The number of nitrogens with two attached hydrogens (primary N) is 1. The average molecular weight is 169 g/mol. The normalized spacial score (nSPS) is 23.1. The van der Waals surface area contributed by atoms with E-state index in [0.717, 1.165) is 17.8 Å². The quantitative estimate of drug-likeness (QED) is 0.680. The number of hydrogen-bond donors (Lipinski definition) is 1. The fourth-order valence-electron chi connectivity index (χ4n) is 1.27. The monoisotopic (exact) mass is 169 g/mol. The minimum atomic E-state index is 0.0925. The zero-order valence-electron chi connectivity index (χ0n) is 7.54. The molecule has 1 atom stereocenters. The van der Waals surface area contributed by atoms with E-state index in [9.17, 15) is 0 Å². The lowest BCUT2D eigenvalue weighted by molar-refractivity contribution is 0.111. The molecule has 0 aromatic rings. The second kappa shape index (κ2) is 4.28. The predicted molar refractivity (Wildman–Crippen MR) is 47.6 cm³/mol. The Kier molecular flexibility index (Phi) is 3.31. The van der Waals surface area contributed by atoms with Crippen LogP contribution < -0.4 is 5.73 Å².